The summed E-state index contributed by atoms with van der Waals surface area (Å²) in [5, 5.41) is 0. The van der Waals surface area contributed by atoms with E-state index in [-0.39, 0.29) is 11.5 Å². The van der Waals surface area contributed by atoms with Gasteiger partial charge in [0.1, 0.15) is 34.5 Å². The van der Waals surface area contributed by atoms with Gasteiger partial charge < -0.3 is 28.4 Å². The van der Waals surface area contributed by atoms with E-state index in [9.17, 15) is 14.4 Å². The minimum Gasteiger partial charge on any atom is -0.497 e. The largest absolute Gasteiger partial charge is 0.497 e. The van der Waals surface area contributed by atoms with Gasteiger partial charge in [-0.2, -0.15) is 0 Å². The lowest BCUT2D eigenvalue weighted by molar-refractivity contribution is 0.0720. The first-order valence-corrected chi connectivity index (χ1v) is 14.6. The highest BCUT2D eigenvalue weighted by atomic mass is 16.5. The van der Waals surface area contributed by atoms with Crippen molar-refractivity contribution in [1.82, 2.24) is 0 Å². The predicted molar refractivity (Wildman–Crippen MR) is 174 cm³/mol. The van der Waals surface area contributed by atoms with E-state index in [1.165, 1.54) is 6.07 Å². The number of carbonyl (C=O) groups is 3. The Labute approximate surface area is 272 Å². The van der Waals surface area contributed by atoms with E-state index >= 15 is 0 Å². The molecule has 0 aliphatic rings. The van der Waals surface area contributed by atoms with Crippen molar-refractivity contribution < 1.29 is 42.8 Å². The molecule has 238 valence electrons. The molecule has 0 heterocycles. The van der Waals surface area contributed by atoms with Gasteiger partial charge >= 0.3 is 17.9 Å². The molecule has 0 unspecified atom stereocenters. The Morgan fingerprint density at radius 2 is 0.702 bits per heavy atom. The minimum atomic E-state index is -0.572. The topological polar surface area (TPSA) is 107 Å². The lowest BCUT2D eigenvalue weighted by atomic mass is 10.0. The number of benzene rings is 5. The number of hydrogen-bond acceptors (Lipinski definition) is 9. The van der Waals surface area contributed by atoms with Crippen LogP contribution in [0.4, 0.5) is 0 Å². The first-order chi connectivity index (χ1) is 22.8. The van der Waals surface area contributed by atoms with E-state index in [4.69, 9.17) is 28.4 Å². The molecule has 9 heteroatoms. The van der Waals surface area contributed by atoms with Gasteiger partial charge in [-0.05, 0) is 121 Å². The number of esters is 3. The van der Waals surface area contributed by atoms with Crippen LogP contribution in [-0.4, -0.2) is 39.2 Å². The number of rotatable bonds is 12. The molecule has 0 aromatic heterocycles. The van der Waals surface area contributed by atoms with Gasteiger partial charge in [0.2, 0.25) is 0 Å². The summed E-state index contributed by atoms with van der Waals surface area (Å²) in [5.41, 5.74) is 2.83. The molecular formula is C38H32O9. The van der Waals surface area contributed by atoms with Crippen molar-refractivity contribution in [2.24, 2.45) is 0 Å². The maximum atomic E-state index is 12.9. The van der Waals surface area contributed by atoms with E-state index < -0.39 is 17.9 Å². The van der Waals surface area contributed by atoms with Crippen LogP contribution in [0.2, 0.25) is 0 Å². The normalized spacial score (nSPS) is 10.4. The highest BCUT2D eigenvalue weighted by Crippen LogP contribution is 2.27. The summed E-state index contributed by atoms with van der Waals surface area (Å²) < 4.78 is 32.3. The molecule has 5 rings (SSSR count). The molecular weight excluding hydrogens is 600 g/mol. The van der Waals surface area contributed by atoms with Gasteiger partial charge in [-0.1, -0.05) is 12.1 Å². The van der Waals surface area contributed by atoms with Crippen molar-refractivity contribution in [2.45, 2.75) is 12.8 Å². The van der Waals surface area contributed by atoms with E-state index in [1.54, 1.807) is 118 Å². The molecule has 9 nitrogen and oxygen atoms in total. The van der Waals surface area contributed by atoms with E-state index in [0.29, 0.717) is 52.5 Å². The van der Waals surface area contributed by atoms with Crippen LogP contribution < -0.4 is 28.4 Å². The number of hydrogen-bond donors (Lipinski definition) is 0. The van der Waals surface area contributed by atoms with E-state index in [0.717, 1.165) is 11.1 Å². The molecule has 0 fully saturated rings. The molecule has 0 amide bonds. The monoisotopic (exact) mass is 632 g/mol. The third-order valence-corrected chi connectivity index (χ3v) is 7.17. The quantitative estimate of drug-likeness (QED) is 0.105. The van der Waals surface area contributed by atoms with Crippen LogP contribution in [0.25, 0.3) is 0 Å². The smallest absolute Gasteiger partial charge is 0.343 e. The molecule has 0 aliphatic heterocycles. The Morgan fingerprint density at radius 3 is 1.06 bits per heavy atom. The Morgan fingerprint density at radius 1 is 0.383 bits per heavy atom. The summed E-state index contributed by atoms with van der Waals surface area (Å²) in [6.45, 7) is 0. The predicted octanol–water partition coefficient (Wildman–Crippen LogP) is 7.16. The molecule has 0 aliphatic carbocycles. The minimum absolute atomic E-state index is 0.224. The molecule has 0 spiro atoms. The fourth-order valence-electron chi connectivity index (χ4n) is 4.58. The van der Waals surface area contributed by atoms with Crippen molar-refractivity contribution in [2.75, 3.05) is 21.3 Å². The Bertz CT molecular complexity index is 1750. The van der Waals surface area contributed by atoms with Gasteiger partial charge in [-0.25, -0.2) is 14.4 Å². The number of carbonyl (C=O) groups excluding carboxylic acids is 3. The number of ether oxygens (including phenoxy) is 6. The van der Waals surface area contributed by atoms with Crippen LogP contribution in [0.1, 0.15) is 42.2 Å². The SMILES string of the molecule is COc1ccc(C(=O)Oc2ccc(CCc3cc(OC(=O)c4ccc(OC)cc4)cc(OC(=O)c4ccc(OC)cc4)c3)cc2)cc1. The summed E-state index contributed by atoms with van der Waals surface area (Å²) in [7, 11) is 4.64. The van der Waals surface area contributed by atoms with Crippen LogP contribution in [0, 0.1) is 0 Å². The average molecular weight is 633 g/mol. The second kappa shape index (κ2) is 15.3. The first-order valence-electron chi connectivity index (χ1n) is 14.6. The van der Waals surface area contributed by atoms with Crippen LogP contribution in [0.5, 0.6) is 34.5 Å². The second-order valence-electron chi connectivity index (χ2n) is 10.3. The van der Waals surface area contributed by atoms with Gasteiger partial charge in [0.25, 0.3) is 0 Å². The Balaban J connectivity index is 1.29. The molecule has 0 atom stereocenters. The summed E-state index contributed by atoms with van der Waals surface area (Å²) in [6.07, 6.45) is 1.14. The van der Waals surface area contributed by atoms with Crippen LogP contribution in [-0.2, 0) is 12.8 Å². The van der Waals surface area contributed by atoms with Gasteiger partial charge in [-0.3, -0.25) is 0 Å². The van der Waals surface area contributed by atoms with Crippen molar-refractivity contribution in [1.29, 1.82) is 0 Å². The molecule has 0 saturated carbocycles. The highest BCUT2D eigenvalue weighted by Gasteiger charge is 2.15. The zero-order valence-electron chi connectivity index (χ0n) is 26.1. The molecule has 0 saturated heterocycles. The molecule has 0 bridgehead atoms. The van der Waals surface area contributed by atoms with Crippen molar-refractivity contribution in [3.8, 4) is 34.5 Å². The van der Waals surface area contributed by atoms with E-state index in [1.807, 2.05) is 12.1 Å². The van der Waals surface area contributed by atoms with Gasteiger partial charge in [0.15, 0.2) is 0 Å². The van der Waals surface area contributed by atoms with Crippen LogP contribution >= 0.6 is 0 Å². The first kappa shape index (κ1) is 32.3. The van der Waals surface area contributed by atoms with Gasteiger partial charge in [0, 0.05) is 6.07 Å². The fraction of sp³-hybridized carbons (Fsp3) is 0.132. The highest BCUT2D eigenvalue weighted by molar-refractivity contribution is 5.92. The van der Waals surface area contributed by atoms with Crippen LogP contribution in [0.15, 0.2) is 115 Å². The third kappa shape index (κ3) is 8.76. The summed E-state index contributed by atoms with van der Waals surface area (Å²) >= 11 is 0. The van der Waals surface area contributed by atoms with E-state index in [2.05, 4.69) is 0 Å². The summed E-state index contributed by atoms with van der Waals surface area (Å²) in [4.78, 5) is 38.4. The fourth-order valence-corrected chi connectivity index (χ4v) is 4.58. The zero-order chi connectivity index (χ0) is 33.2. The maximum Gasteiger partial charge on any atom is 0.343 e. The lowest BCUT2D eigenvalue weighted by Crippen LogP contribution is -2.11. The average Bonchev–Trinajstić information content (AvgIpc) is 3.11. The van der Waals surface area contributed by atoms with Crippen molar-refractivity contribution in [3.05, 3.63) is 143 Å². The number of aryl methyl sites for hydroxylation is 2. The zero-order valence-corrected chi connectivity index (χ0v) is 26.1. The maximum absolute atomic E-state index is 12.9. The molecule has 0 radical (unpaired) electrons. The summed E-state index contributed by atoms with van der Waals surface area (Å²) in [5.74, 6) is 1.11. The second-order valence-corrected chi connectivity index (χ2v) is 10.3. The summed E-state index contributed by atoms with van der Waals surface area (Å²) in [6, 6.07) is 31.9. The van der Waals surface area contributed by atoms with Crippen LogP contribution in [0.3, 0.4) is 0 Å². The van der Waals surface area contributed by atoms with Gasteiger partial charge in [-0.15, -0.1) is 0 Å². The Kier molecular flexibility index (Phi) is 10.5. The Hall–Kier alpha value is -6.09. The molecule has 5 aromatic carbocycles. The number of methoxy groups -OCH3 is 3. The lowest BCUT2D eigenvalue weighted by Gasteiger charge is -2.12. The molecule has 0 N–H and O–H groups in total. The van der Waals surface area contributed by atoms with Gasteiger partial charge in [0.05, 0.1) is 38.0 Å². The van der Waals surface area contributed by atoms with Crippen molar-refractivity contribution >= 4 is 17.9 Å². The standard InChI is InChI=1S/C38H32O9/c1-42-30-16-8-27(9-17-30)36(39)45-33-14-6-25(7-15-33)4-5-26-22-34(46-37(40)28-10-18-31(43-2)19-11-28)24-35(23-26)47-38(41)29-12-20-32(44-3)21-13-29/h6-24H,4-5H2,1-3H3. The molecule has 47 heavy (non-hydrogen) atoms. The third-order valence-electron chi connectivity index (χ3n) is 7.17. The molecule has 5 aromatic rings. The van der Waals surface area contributed by atoms with Crippen molar-refractivity contribution in [3.63, 3.8) is 0 Å².